The number of nitrogens with zero attached hydrogens (tertiary/aromatic N) is 1. The van der Waals surface area contributed by atoms with Crippen LogP contribution in [0.5, 0.6) is 0 Å². The largest absolute Gasteiger partial charge is 0.480 e. The number of carboxylic acid groups (broad SMARTS) is 1. The maximum Gasteiger partial charge on any atom is 0.326 e. The summed E-state index contributed by atoms with van der Waals surface area (Å²) in [6, 6.07) is -0.896. The average molecular weight is 310 g/mol. The van der Waals surface area contributed by atoms with Crippen LogP contribution in [0.15, 0.2) is 12.7 Å². The molecule has 2 N–H and O–H groups in total. The van der Waals surface area contributed by atoms with E-state index in [0.29, 0.717) is 38.8 Å². The minimum atomic E-state index is -1.04. The second kappa shape index (κ2) is 9.23. The van der Waals surface area contributed by atoms with Crippen molar-refractivity contribution in [3.05, 3.63) is 12.7 Å². The minimum absolute atomic E-state index is 0.0708. The molecule has 0 aromatic carbocycles. The minimum Gasteiger partial charge on any atom is -0.480 e. The van der Waals surface area contributed by atoms with Gasteiger partial charge in [0.1, 0.15) is 6.04 Å². The molecule has 1 heterocycles. The van der Waals surface area contributed by atoms with Crippen molar-refractivity contribution in [3.63, 3.8) is 0 Å². The molecule has 22 heavy (non-hydrogen) atoms. The molecule has 0 bridgehead atoms. The van der Waals surface area contributed by atoms with Crippen molar-refractivity contribution in [3.8, 4) is 0 Å². The fraction of sp³-hybridized carbons (Fsp3) is 0.688. The van der Waals surface area contributed by atoms with E-state index in [-0.39, 0.29) is 17.7 Å². The first kappa shape index (κ1) is 18.2. The quantitative estimate of drug-likeness (QED) is 0.666. The maximum absolute atomic E-state index is 12.3. The van der Waals surface area contributed by atoms with Crippen LogP contribution in [0.4, 0.5) is 0 Å². The Morgan fingerprint density at radius 2 is 2.18 bits per heavy atom. The molecule has 0 radical (unpaired) electrons. The molecule has 1 saturated heterocycles. The molecule has 1 rings (SSSR count). The van der Waals surface area contributed by atoms with Crippen molar-refractivity contribution < 1.29 is 19.5 Å². The molecule has 0 saturated carbocycles. The Morgan fingerprint density at radius 1 is 1.45 bits per heavy atom. The number of piperidine rings is 1. The number of carboxylic acids is 1. The van der Waals surface area contributed by atoms with E-state index in [0.717, 1.165) is 12.8 Å². The van der Waals surface area contributed by atoms with Crippen LogP contribution in [0.2, 0.25) is 0 Å². The lowest BCUT2D eigenvalue weighted by Gasteiger charge is -2.32. The van der Waals surface area contributed by atoms with Gasteiger partial charge in [-0.2, -0.15) is 0 Å². The number of allylic oxidation sites excluding steroid dienone is 1. The summed E-state index contributed by atoms with van der Waals surface area (Å²) >= 11 is 0. The molecule has 6 heteroatoms. The Balaban J connectivity index is 2.57. The molecule has 0 aromatic heterocycles. The number of carbonyl (C=O) groups is 3. The summed E-state index contributed by atoms with van der Waals surface area (Å²) in [5.74, 6) is -1.56. The first-order valence-corrected chi connectivity index (χ1v) is 7.91. The zero-order chi connectivity index (χ0) is 16.5. The normalized spacial score (nSPS) is 19.3. The van der Waals surface area contributed by atoms with Crippen LogP contribution in [0, 0.1) is 5.92 Å². The molecular weight excluding hydrogens is 284 g/mol. The topological polar surface area (TPSA) is 86.7 Å². The van der Waals surface area contributed by atoms with E-state index < -0.39 is 12.0 Å². The van der Waals surface area contributed by atoms with E-state index >= 15 is 0 Å². The Kier molecular flexibility index (Phi) is 7.63. The maximum atomic E-state index is 12.3. The highest BCUT2D eigenvalue weighted by molar-refractivity contribution is 5.86. The second-order valence-electron chi connectivity index (χ2n) is 5.69. The third-order valence-corrected chi connectivity index (χ3v) is 3.88. The Morgan fingerprint density at radius 3 is 2.77 bits per heavy atom. The van der Waals surface area contributed by atoms with Crippen molar-refractivity contribution in [2.75, 3.05) is 13.1 Å². The molecule has 1 fully saturated rings. The monoisotopic (exact) mass is 310 g/mol. The van der Waals surface area contributed by atoms with Crippen LogP contribution >= 0.6 is 0 Å². The van der Waals surface area contributed by atoms with E-state index in [9.17, 15) is 14.4 Å². The highest BCUT2D eigenvalue weighted by atomic mass is 16.4. The van der Waals surface area contributed by atoms with E-state index in [1.165, 1.54) is 0 Å². The van der Waals surface area contributed by atoms with Gasteiger partial charge >= 0.3 is 5.97 Å². The summed E-state index contributed by atoms with van der Waals surface area (Å²) in [7, 11) is 0. The van der Waals surface area contributed by atoms with Gasteiger partial charge in [-0.15, -0.1) is 6.58 Å². The Labute approximate surface area is 131 Å². The highest BCUT2D eigenvalue weighted by Gasteiger charge is 2.30. The van der Waals surface area contributed by atoms with Gasteiger partial charge in [-0.05, 0) is 32.1 Å². The van der Waals surface area contributed by atoms with Crippen LogP contribution in [-0.4, -0.2) is 46.9 Å². The van der Waals surface area contributed by atoms with Crippen LogP contribution in [0.25, 0.3) is 0 Å². The van der Waals surface area contributed by atoms with Crippen LogP contribution in [0.1, 0.15) is 45.4 Å². The molecule has 1 aliphatic rings. The predicted octanol–water partition coefficient (Wildman–Crippen LogP) is 1.56. The van der Waals surface area contributed by atoms with Gasteiger partial charge in [0.15, 0.2) is 0 Å². The van der Waals surface area contributed by atoms with Crippen LogP contribution < -0.4 is 5.32 Å². The lowest BCUT2D eigenvalue weighted by Crippen LogP contribution is -2.49. The van der Waals surface area contributed by atoms with Gasteiger partial charge in [0.05, 0.1) is 5.92 Å². The summed E-state index contributed by atoms with van der Waals surface area (Å²) in [5.41, 5.74) is 0. The van der Waals surface area contributed by atoms with Gasteiger partial charge in [-0.3, -0.25) is 9.59 Å². The van der Waals surface area contributed by atoms with Crippen LogP contribution in [0.3, 0.4) is 0 Å². The van der Waals surface area contributed by atoms with E-state index in [2.05, 4.69) is 11.9 Å². The number of nitrogens with one attached hydrogen (secondary N) is 1. The predicted molar refractivity (Wildman–Crippen MR) is 83.2 cm³/mol. The van der Waals surface area contributed by atoms with Crippen molar-refractivity contribution in [2.24, 2.45) is 5.92 Å². The Bertz CT molecular complexity index is 422. The van der Waals surface area contributed by atoms with E-state index in [1.54, 1.807) is 11.0 Å². The first-order chi connectivity index (χ1) is 10.5. The fourth-order valence-corrected chi connectivity index (χ4v) is 2.62. The summed E-state index contributed by atoms with van der Waals surface area (Å²) in [6.07, 6.45) is 5.24. The summed E-state index contributed by atoms with van der Waals surface area (Å²) in [4.78, 5) is 37.1. The molecular formula is C16H26N2O4. The molecule has 6 nitrogen and oxygen atoms in total. The number of hydrogen-bond acceptors (Lipinski definition) is 3. The van der Waals surface area contributed by atoms with Gasteiger partial charge in [-0.1, -0.05) is 13.0 Å². The number of aliphatic carboxylic acids is 1. The molecule has 2 amide bonds. The number of rotatable bonds is 8. The molecule has 0 aliphatic carbocycles. The van der Waals surface area contributed by atoms with Crippen molar-refractivity contribution in [2.45, 2.75) is 51.5 Å². The van der Waals surface area contributed by atoms with Gasteiger partial charge in [-0.25, -0.2) is 4.79 Å². The van der Waals surface area contributed by atoms with Gasteiger partial charge in [0, 0.05) is 19.5 Å². The average Bonchev–Trinajstić information content (AvgIpc) is 2.51. The molecule has 0 spiro atoms. The SMILES string of the molecule is C=CCCC(NC(=O)C1CCCN(C(=O)CCC)C1)C(=O)O. The molecule has 124 valence electrons. The second-order valence-corrected chi connectivity index (χ2v) is 5.69. The highest BCUT2D eigenvalue weighted by Crippen LogP contribution is 2.18. The lowest BCUT2D eigenvalue weighted by atomic mass is 9.96. The smallest absolute Gasteiger partial charge is 0.326 e. The number of amides is 2. The first-order valence-electron chi connectivity index (χ1n) is 7.91. The number of carbonyl (C=O) groups excluding carboxylic acids is 2. The van der Waals surface area contributed by atoms with Crippen LogP contribution in [-0.2, 0) is 14.4 Å². The zero-order valence-electron chi connectivity index (χ0n) is 13.2. The van der Waals surface area contributed by atoms with Crippen molar-refractivity contribution in [1.82, 2.24) is 10.2 Å². The van der Waals surface area contributed by atoms with Crippen molar-refractivity contribution >= 4 is 17.8 Å². The number of likely N-dealkylation sites (tertiary alicyclic amines) is 1. The summed E-state index contributed by atoms with van der Waals surface area (Å²) in [5, 5.41) is 11.7. The Hall–Kier alpha value is -1.85. The fourth-order valence-electron chi connectivity index (χ4n) is 2.62. The van der Waals surface area contributed by atoms with Gasteiger partial charge in [0.25, 0.3) is 0 Å². The van der Waals surface area contributed by atoms with E-state index in [4.69, 9.17) is 5.11 Å². The molecule has 2 atom stereocenters. The standard InChI is InChI=1S/C16H26N2O4/c1-3-5-9-13(16(21)22)17-15(20)12-8-6-10-18(11-12)14(19)7-4-2/h3,12-13H,1,4-11H2,2H3,(H,17,20)(H,21,22). The molecule has 1 aliphatic heterocycles. The van der Waals surface area contributed by atoms with E-state index in [1.807, 2.05) is 6.92 Å². The lowest BCUT2D eigenvalue weighted by molar-refractivity contribution is -0.144. The summed E-state index contributed by atoms with van der Waals surface area (Å²) < 4.78 is 0. The van der Waals surface area contributed by atoms with Gasteiger partial charge in [0.2, 0.25) is 11.8 Å². The molecule has 2 unspecified atom stereocenters. The summed E-state index contributed by atoms with van der Waals surface area (Å²) in [6.45, 7) is 6.57. The van der Waals surface area contributed by atoms with Gasteiger partial charge < -0.3 is 15.3 Å². The molecule has 0 aromatic rings. The number of hydrogen-bond donors (Lipinski definition) is 2. The van der Waals surface area contributed by atoms with Crippen molar-refractivity contribution in [1.29, 1.82) is 0 Å². The zero-order valence-corrected chi connectivity index (χ0v) is 13.2. The third kappa shape index (κ3) is 5.50. The third-order valence-electron chi connectivity index (χ3n) is 3.88.